The molecule has 1 aliphatic carbocycles. The molecular formula is C27H29ClN6O3. The number of aliphatic imine (C=N–C) groups is 1. The largest absolute Gasteiger partial charge is 0.493 e. The minimum atomic E-state index is -0.669. The number of halogens is 1. The van der Waals surface area contributed by atoms with Gasteiger partial charge in [0.15, 0.2) is 11.6 Å². The predicted octanol–water partition coefficient (Wildman–Crippen LogP) is 5.01. The summed E-state index contributed by atoms with van der Waals surface area (Å²) in [6.45, 7) is 4.43. The zero-order valence-electron chi connectivity index (χ0n) is 21.2. The molecule has 4 aromatic rings. The van der Waals surface area contributed by atoms with Crippen molar-refractivity contribution in [1.82, 2.24) is 24.4 Å². The summed E-state index contributed by atoms with van der Waals surface area (Å²) in [5.41, 5.74) is 1.68. The lowest BCUT2D eigenvalue weighted by Crippen LogP contribution is -2.29. The van der Waals surface area contributed by atoms with Gasteiger partial charge in [0.25, 0.3) is 0 Å². The lowest BCUT2D eigenvalue weighted by atomic mass is 10.1. The first-order chi connectivity index (χ1) is 17.8. The second-order valence-electron chi connectivity index (χ2n) is 10.3. The van der Waals surface area contributed by atoms with Gasteiger partial charge in [-0.1, -0.05) is 11.6 Å². The number of hydrogen-bond donors (Lipinski definition) is 0. The van der Waals surface area contributed by atoms with Crippen LogP contribution in [0.25, 0.3) is 21.9 Å². The van der Waals surface area contributed by atoms with E-state index in [1.54, 1.807) is 18.9 Å². The van der Waals surface area contributed by atoms with Gasteiger partial charge < -0.3 is 23.7 Å². The molecule has 9 nitrogen and oxygen atoms in total. The van der Waals surface area contributed by atoms with Crippen molar-refractivity contribution in [3.63, 3.8) is 0 Å². The van der Waals surface area contributed by atoms with Crippen LogP contribution in [0.3, 0.4) is 0 Å². The zero-order valence-corrected chi connectivity index (χ0v) is 22.0. The molecule has 6 rings (SSSR count). The molecule has 1 saturated heterocycles. The molecule has 0 bridgehead atoms. The normalized spacial score (nSPS) is 24.8. The molecule has 4 heterocycles. The van der Waals surface area contributed by atoms with E-state index in [0.29, 0.717) is 17.4 Å². The highest BCUT2D eigenvalue weighted by atomic mass is 35.5. The van der Waals surface area contributed by atoms with Crippen LogP contribution in [0, 0.1) is 5.92 Å². The molecular weight excluding hydrogens is 492 g/mol. The van der Waals surface area contributed by atoms with Crippen LogP contribution in [-0.4, -0.2) is 69.5 Å². The summed E-state index contributed by atoms with van der Waals surface area (Å²) < 4.78 is 21.2. The first-order valence-electron chi connectivity index (χ1n) is 12.3. The van der Waals surface area contributed by atoms with E-state index in [1.165, 1.54) is 0 Å². The van der Waals surface area contributed by atoms with Gasteiger partial charge in [-0.25, -0.2) is 15.0 Å². The van der Waals surface area contributed by atoms with Crippen molar-refractivity contribution in [3.8, 4) is 5.75 Å². The standard InChI is InChI=1S/C27H29ClN6O3/c1-27(2)36-23-17(13-35-19-6-5-16-9-18(28)12-29-21(16)11-19)10-22(24(23)37-27)34-8-7-20-25(32-15-33(3)4)30-14-31-26(20)34/h5-9,11-12,14-15,17,22-24H,10,13H2,1-4H3/t17-,22-,23-,24+/m1/s1. The second kappa shape index (κ2) is 9.24. The van der Waals surface area contributed by atoms with Gasteiger partial charge in [-0.05, 0) is 44.5 Å². The number of hydrogen-bond acceptors (Lipinski definition) is 7. The van der Waals surface area contributed by atoms with Gasteiger partial charge in [0, 0.05) is 43.9 Å². The monoisotopic (exact) mass is 520 g/mol. The maximum atomic E-state index is 6.42. The molecule has 0 N–H and O–H groups in total. The number of nitrogens with zero attached hydrogens (tertiary/aromatic N) is 6. The molecule has 1 aliphatic heterocycles. The first kappa shape index (κ1) is 24.1. The van der Waals surface area contributed by atoms with Crippen LogP contribution in [0.5, 0.6) is 5.75 Å². The second-order valence-corrected chi connectivity index (χ2v) is 10.7. The lowest BCUT2D eigenvalue weighted by molar-refractivity contribution is -0.161. The summed E-state index contributed by atoms with van der Waals surface area (Å²) in [7, 11) is 3.86. The number of fused-ring (bicyclic) bond motifs is 3. The highest BCUT2D eigenvalue weighted by Gasteiger charge is 2.55. The van der Waals surface area contributed by atoms with E-state index < -0.39 is 5.79 Å². The van der Waals surface area contributed by atoms with Crippen LogP contribution in [0.15, 0.2) is 54.0 Å². The minimum absolute atomic E-state index is 0.0406. The molecule has 0 amide bonds. The van der Waals surface area contributed by atoms with Crippen molar-refractivity contribution in [2.75, 3.05) is 20.7 Å². The summed E-state index contributed by atoms with van der Waals surface area (Å²) in [6.07, 6.45) is 7.61. The predicted molar refractivity (Wildman–Crippen MR) is 143 cm³/mol. The van der Waals surface area contributed by atoms with Crippen LogP contribution >= 0.6 is 11.6 Å². The van der Waals surface area contributed by atoms with Crippen molar-refractivity contribution in [2.24, 2.45) is 10.9 Å². The van der Waals surface area contributed by atoms with Crippen molar-refractivity contribution in [2.45, 2.75) is 44.3 Å². The SMILES string of the molecule is CN(C)C=Nc1ncnc2c1ccn2[C@@H]1C[C@H](COc2ccc3cc(Cl)cnc3c2)[C@H]2OC(C)(C)O[C@H]21. The third kappa shape index (κ3) is 4.63. The topological polar surface area (TPSA) is 86.9 Å². The zero-order chi connectivity index (χ0) is 25.7. The highest BCUT2D eigenvalue weighted by Crippen LogP contribution is 2.48. The van der Waals surface area contributed by atoms with Gasteiger partial charge in [0.1, 0.15) is 23.8 Å². The summed E-state index contributed by atoms with van der Waals surface area (Å²) >= 11 is 6.07. The number of aromatic nitrogens is 4. The third-order valence-corrected chi connectivity index (χ3v) is 7.10. The maximum absolute atomic E-state index is 6.42. The Hall–Kier alpha value is -3.27. The van der Waals surface area contributed by atoms with E-state index in [4.69, 9.17) is 25.8 Å². The summed E-state index contributed by atoms with van der Waals surface area (Å²) in [6, 6.07) is 9.83. The molecule has 2 aliphatic rings. The van der Waals surface area contributed by atoms with Gasteiger partial charge in [-0.15, -0.1) is 0 Å². The van der Waals surface area contributed by atoms with Gasteiger partial charge >= 0.3 is 0 Å². The van der Waals surface area contributed by atoms with Gasteiger partial charge in [-0.2, -0.15) is 0 Å². The van der Waals surface area contributed by atoms with E-state index in [9.17, 15) is 0 Å². The van der Waals surface area contributed by atoms with Crippen LogP contribution in [0.2, 0.25) is 5.02 Å². The van der Waals surface area contributed by atoms with Crippen LogP contribution in [0.1, 0.15) is 26.3 Å². The molecule has 37 heavy (non-hydrogen) atoms. The smallest absolute Gasteiger partial charge is 0.166 e. The Bertz CT molecular complexity index is 1490. The average Bonchev–Trinajstić information content (AvgIpc) is 3.52. The molecule has 1 saturated carbocycles. The molecule has 3 aromatic heterocycles. The van der Waals surface area contributed by atoms with E-state index in [0.717, 1.165) is 34.1 Å². The molecule has 1 aromatic carbocycles. The van der Waals surface area contributed by atoms with Gasteiger partial charge in [-0.3, -0.25) is 4.98 Å². The van der Waals surface area contributed by atoms with E-state index >= 15 is 0 Å². The third-order valence-electron chi connectivity index (χ3n) is 6.89. The van der Waals surface area contributed by atoms with Crippen LogP contribution in [-0.2, 0) is 9.47 Å². The van der Waals surface area contributed by atoms with Crippen molar-refractivity contribution in [3.05, 3.63) is 54.1 Å². The van der Waals surface area contributed by atoms with Crippen LogP contribution < -0.4 is 4.74 Å². The van der Waals surface area contributed by atoms with Gasteiger partial charge in [0.05, 0.1) is 41.0 Å². The highest BCUT2D eigenvalue weighted by molar-refractivity contribution is 6.31. The Kier molecular flexibility index (Phi) is 6.01. The quantitative estimate of drug-likeness (QED) is 0.261. The molecule has 0 unspecified atom stereocenters. The van der Waals surface area contributed by atoms with Crippen molar-refractivity contribution >= 4 is 45.7 Å². The average molecular weight is 521 g/mol. The van der Waals surface area contributed by atoms with Gasteiger partial charge in [0.2, 0.25) is 0 Å². The number of benzene rings is 1. The maximum Gasteiger partial charge on any atom is 0.166 e. The number of pyridine rings is 1. The Labute approximate surface area is 220 Å². The Balaban J connectivity index is 1.26. The fraction of sp³-hybridized carbons (Fsp3) is 0.407. The fourth-order valence-electron chi connectivity index (χ4n) is 5.36. The Morgan fingerprint density at radius 1 is 1.16 bits per heavy atom. The van der Waals surface area contributed by atoms with E-state index in [1.807, 2.05) is 69.4 Å². The van der Waals surface area contributed by atoms with Crippen molar-refractivity contribution < 1.29 is 14.2 Å². The molecule has 192 valence electrons. The van der Waals surface area contributed by atoms with Crippen LogP contribution in [0.4, 0.5) is 5.82 Å². The molecule has 4 atom stereocenters. The Morgan fingerprint density at radius 3 is 2.84 bits per heavy atom. The van der Waals surface area contributed by atoms with Crippen molar-refractivity contribution in [1.29, 1.82) is 0 Å². The summed E-state index contributed by atoms with van der Waals surface area (Å²) in [4.78, 5) is 19.8. The minimum Gasteiger partial charge on any atom is -0.493 e. The molecule has 10 heteroatoms. The Morgan fingerprint density at radius 2 is 2.00 bits per heavy atom. The summed E-state index contributed by atoms with van der Waals surface area (Å²) in [5.74, 6) is 0.874. The molecule has 0 spiro atoms. The molecule has 0 radical (unpaired) electrons. The lowest BCUT2D eigenvalue weighted by Gasteiger charge is -2.24. The number of ether oxygens (including phenoxy) is 3. The summed E-state index contributed by atoms with van der Waals surface area (Å²) in [5, 5.41) is 2.49. The van der Waals surface area contributed by atoms with E-state index in [2.05, 4.69) is 24.5 Å². The molecule has 2 fully saturated rings. The number of rotatable bonds is 6. The fourth-order valence-corrected chi connectivity index (χ4v) is 5.52. The van der Waals surface area contributed by atoms with E-state index in [-0.39, 0.29) is 24.2 Å². The first-order valence-corrected chi connectivity index (χ1v) is 12.7.